The molecule has 5 rings (SSSR count). The van der Waals surface area contributed by atoms with E-state index in [1.54, 1.807) is 37.0 Å². The normalized spacial score (nSPS) is 21.5. The van der Waals surface area contributed by atoms with Crippen LogP contribution in [0, 0.1) is 18.7 Å². The zero-order chi connectivity index (χ0) is 22.6. The number of hydrogen-bond donors (Lipinski definition) is 2. The van der Waals surface area contributed by atoms with Gasteiger partial charge in [0, 0.05) is 25.8 Å². The van der Waals surface area contributed by atoms with Crippen LogP contribution in [0.3, 0.4) is 0 Å². The third-order valence-corrected chi connectivity index (χ3v) is 7.07. The fourth-order valence-electron chi connectivity index (χ4n) is 4.62. The van der Waals surface area contributed by atoms with Gasteiger partial charge in [-0.1, -0.05) is 23.5 Å². The number of halogens is 1. The molecule has 0 spiro atoms. The number of piperidine rings is 1. The maximum absolute atomic E-state index is 13.8. The minimum Gasteiger partial charge on any atom is -0.375 e. The highest BCUT2D eigenvalue weighted by molar-refractivity contribution is 7.19. The van der Waals surface area contributed by atoms with Crippen molar-refractivity contribution in [3.05, 3.63) is 53.2 Å². The lowest BCUT2D eigenvalue weighted by atomic mass is 10.1. The number of benzene rings is 1. The number of aryl methyl sites for hydroxylation is 2. The summed E-state index contributed by atoms with van der Waals surface area (Å²) in [5, 5.41) is 7.42. The quantitative estimate of drug-likeness (QED) is 0.616. The van der Waals surface area contributed by atoms with Gasteiger partial charge < -0.3 is 16.0 Å². The maximum atomic E-state index is 13.8. The largest absolute Gasteiger partial charge is 0.375 e. The third-order valence-electron chi connectivity index (χ3n) is 6.13. The Morgan fingerprint density at radius 3 is 2.88 bits per heavy atom. The summed E-state index contributed by atoms with van der Waals surface area (Å²) in [5.74, 6) is -0.377. The van der Waals surface area contributed by atoms with Crippen LogP contribution in [0.1, 0.15) is 39.4 Å². The number of aromatic nitrogens is 3. The van der Waals surface area contributed by atoms with E-state index >= 15 is 0 Å². The molecule has 2 unspecified atom stereocenters. The Hall–Kier alpha value is -3.27. The number of fused-ring (bicyclic) bond motifs is 1. The van der Waals surface area contributed by atoms with E-state index in [2.05, 4.69) is 15.4 Å². The van der Waals surface area contributed by atoms with Gasteiger partial charge in [-0.05, 0) is 43.4 Å². The van der Waals surface area contributed by atoms with Crippen LogP contribution in [0.15, 0.2) is 30.5 Å². The molecule has 8 nitrogen and oxygen atoms in total. The standard InChI is InChI=1S/C22H23FN6O2S/c1-11-16(10-28(2)27-11)20(30)25-9-15-7-13-8-17(13)29(15)21(31)18-19(32-22(24)26-18)12-4-3-5-14(23)6-12/h3-6,10,13,15,17H,7-9H2,1-2H3,(H2,24,26)(H,25,30)/t13?,15-,17?/m0/s1. The van der Waals surface area contributed by atoms with E-state index in [-0.39, 0.29) is 40.5 Å². The second-order valence-electron chi connectivity index (χ2n) is 8.42. The summed E-state index contributed by atoms with van der Waals surface area (Å²) in [7, 11) is 1.77. The molecule has 2 aromatic heterocycles. The van der Waals surface area contributed by atoms with Crippen molar-refractivity contribution in [3.8, 4) is 10.4 Å². The van der Waals surface area contributed by atoms with Gasteiger partial charge in [-0.3, -0.25) is 14.3 Å². The van der Waals surface area contributed by atoms with E-state index in [0.717, 1.165) is 12.8 Å². The molecule has 2 fully saturated rings. The van der Waals surface area contributed by atoms with Crippen molar-refractivity contribution in [1.29, 1.82) is 0 Å². The van der Waals surface area contributed by atoms with E-state index in [4.69, 9.17) is 5.73 Å². The topological polar surface area (TPSA) is 106 Å². The fourth-order valence-corrected chi connectivity index (χ4v) is 5.44. The highest BCUT2D eigenvalue weighted by Gasteiger charge is 2.54. The molecule has 2 amide bonds. The van der Waals surface area contributed by atoms with Crippen LogP contribution >= 0.6 is 11.3 Å². The van der Waals surface area contributed by atoms with Crippen molar-refractivity contribution in [1.82, 2.24) is 25.0 Å². The van der Waals surface area contributed by atoms with Crippen LogP contribution in [0.5, 0.6) is 0 Å². The summed E-state index contributed by atoms with van der Waals surface area (Å²) in [6, 6.07) is 6.09. The van der Waals surface area contributed by atoms with Crippen molar-refractivity contribution in [2.45, 2.75) is 31.8 Å². The van der Waals surface area contributed by atoms with Gasteiger partial charge in [0.15, 0.2) is 5.13 Å². The Kier molecular flexibility index (Phi) is 4.96. The molecule has 166 valence electrons. The van der Waals surface area contributed by atoms with Crippen molar-refractivity contribution < 1.29 is 14.0 Å². The fraction of sp³-hybridized carbons (Fsp3) is 0.364. The van der Waals surface area contributed by atoms with Crippen LogP contribution in [-0.4, -0.2) is 50.1 Å². The molecule has 0 bridgehead atoms. The Morgan fingerprint density at radius 1 is 1.34 bits per heavy atom. The number of likely N-dealkylation sites (tertiary alicyclic amines) is 1. The second kappa shape index (κ2) is 7.70. The summed E-state index contributed by atoms with van der Waals surface area (Å²) in [6.07, 6.45) is 3.47. The number of nitrogens with two attached hydrogens (primary N) is 1. The summed E-state index contributed by atoms with van der Waals surface area (Å²) in [5.41, 5.74) is 7.92. The van der Waals surface area contributed by atoms with Crippen LogP contribution in [0.4, 0.5) is 9.52 Å². The van der Waals surface area contributed by atoms with Crippen LogP contribution in [-0.2, 0) is 7.05 Å². The zero-order valence-corrected chi connectivity index (χ0v) is 18.5. The average molecular weight is 455 g/mol. The first kappa shape index (κ1) is 20.6. The Morgan fingerprint density at radius 2 is 2.16 bits per heavy atom. The summed E-state index contributed by atoms with van der Waals surface area (Å²) < 4.78 is 15.4. The number of amides is 2. The van der Waals surface area contributed by atoms with Crippen LogP contribution in [0.25, 0.3) is 10.4 Å². The van der Waals surface area contributed by atoms with Gasteiger partial charge in [0.25, 0.3) is 11.8 Å². The van der Waals surface area contributed by atoms with Gasteiger partial charge in [0.05, 0.1) is 22.2 Å². The predicted octanol–water partition coefficient (Wildman–Crippen LogP) is 2.61. The van der Waals surface area contributed by atoms with Crippen molar-refractivity contribution >= 4 is 28.3 Å². The highest BCUT2D eigenvalue weighted by Crippen LogP contribution is 2.49. The number of carbonyl (C=O) groups is 2. The third kappa shape index (κ3) is 3.64. The number of nitrogen functional groups attached to an aromatic ring is 1. The number of anilines is 1. The molecule has 0 radical (unpaired) electrons. The lowest BCUT2D eigenvalue weighted by Gasteiger charge is -2.27. The molecular formula is C22H23FN6O2S. The Bertz CT molecular complexity index is 1220. The number of rotatable bonds is 5. The molecule has 1 saturated heterocycles. The number of nitrogens with zero attached hydrogens (tertiary/aromatic N) is 4. The minimum atomic E-state index is -0.386. The summed E-state index contributed by atoms with van der Waals surface area (Å²) >= 11 is 1.17. The molecule has 2 aliphatic rings. The molecular weight excluding hydrogens is 431 g/mol. The second-order valence-corrected chi connectivity index (χ2v) is 9.45. The zero-order valence-electron chi connectivity index (χ0n) is 17.7. The van der Waals surface area contributed by atoms with Gasteiger partial charge in [-0.15, -0.1) is 0 Å². The van der Waals surface area contributed by atoms with Gasteiger partial charge in [-0.2, -0.15) is 5.10 Å². The predicted molar refractivity (Wildman–Crippen MR) is 119 cm³/mol. The average Bonchev–Trinajstić information content (AvgIpc) is 3.06. The van der Waals surface area contributed by atoms with E-state index in [9.17, 15) is 14.0 Å². The monoisotopic (exact) mass is 454 g/mol. The van der Waals surface area contributed by atoms with Gasteiger partial charge in [0.2, 0.25) is 0 Å². The molecule has 3 atom stereocenters. The lowest BCUT2D eigenvalue weighted by molar-refractivity contribution is 0.0684. The smallest absolute Gasteiger partial charge is 0.274 e. The van der Waals surface area contributed by atoms with Gasteiger partial charge in [0.1, 0.15) is 11.5 Å². The van der Waals surface area contributed by atoms with Crippen molar-refractivity contribution in [2.75, 3.05) is 12.3 Å². The van der Waals surface area contributed by atoms with Crippen LogP contribution in [0.2, 0.25) is 0 Å². The molecule has 3 aromatic rings. The van der Waals surface area contributed by atoms with E-state index in [1.165, 1.54) is 23.5 Å². The summed E-state index contributed by atoms with van der Waals surface area (Å²) in [6.45, 7) is 2.14. The first-order chi connectivity index (χ1) is 15.3. The molecule has 1 saturated carbocycles. The number of hydrogen-bond acceptors (Lipinski definition) is 6. The first-order valence-corrected chi connectivity index (χ1v) is 11.3. The Balaban J connectivity index is 1.36. The number of nitrogens with one attached hydrogen (secondary N) is 1. The minimum absolute atomic E-state index is 0.129. The van der Waals surface area contributed by atoms with E-state index in [0.29, 0.717) is 34.2 Å². The first-order valence-electron chi connectivity index (χ1n) is 10.4. The maximum Gasteiger partial charge on any atom is 0.274 e. The van der Waals surface area contributed by atoms with E-state index < -0.39 is 0 Å². The molecule has 1 aliphatic heterocycles. The number of carbonyl (C=O) groups excluding carboxylic acids is 2. The lowest BCUT2D eigenvalue weighted by Crippen LogP contribution is -2.45. The molecule has 3 N–H and O–H groups in total. The molecule has 1 aromatic carbocycles. The van der Waals surface area contributed by atoms with Gasteiger partial charge in [-0.25, -0.2) is 9.37 Å². The van der Waals surface area contributed by atoms with Crippen molar-refractivity contribution in [2.24, 2.45) is 13.0 Å². The Labute approximate surface area is 188 Å². The SMILES string of the molecule is Cc1nn(C)cc1C(=O)NC[C@@H]1CC2CC2N1C(=O)c1nc(N)sc1-c1cccc(F)c1. The summed E-state index contributed by atoms with van der Waals surface area (Å²) in [4.78, 5) is 32.9. The van der Waals surface area contributed by atoms with Crippen LogP contribution < -0.4 is 11.1 Å². The molecule has 1 aliphatic carbocycles. The number of thiazole rings is 1. The molecule has 32 heavy (non-hydrogen) atoms. The van der Waals surface area contributed by atoms with E-state index in [1.807, 2.05) is 4.90 Å². The van der Waals surface area contributed by atoms with Gasteiger partial charge >= 0.3 is 0 Å². The molecule has 10 heteroatoms. The van der Waals surface area contributed by atoms with Crippen molar-refractivity contribution in [3.63, 3.8) is 0 Å². The highest BCUT2D eigenvalue weighted by atomic mass is 32.1. The molecule has 3 heterocycles.